The summed E-state index contributed by atoms with van der Waals surface area (Å²) in [5.74, 6) is 0.516. The van der Waals surface area contributed by atoms with Crippen molar-refractivity contribution in [1.29, 1.82) is 0 Å². The Kier molecular flexibility index (Phi) is 9.58. The molecule has 2 rings (SSSR count). The minimum atomic E-state index is -0.755. The fraction of sp³-hybridized carbons (Fsp3) is 0.636. The van der Waals surface area contributed by atoms with E-state index < -0.39 is 6.04 Å². The van der Waals surface area contributed by atoms with Gasteiger partial charge in [0.05, 0.1) is 14.2 Å². The number of alkyl halides is 1. The Morgan fingerprint density at radius 3 is 2.45 bits per heavy atom. The Morgan fingerprint density at radius 1 is 1.17 bits per heavy atom. The number of unbranched alkanes of at least 4 members (excludes halogenated alkanes) is 1. The first kappa shape index (κ1) is 23.3. The molecule has 0 heterocycles. The van der Waals surface area contributed by atoms with E-state index >= 15 is 0 Å². The Morgan fingerprint density at radius 2 is 1.86 bits per heavy atom. The minimum Gasteiger partial charge on any atom is -0.493 e. The van der Waals surface area contributed by atoms with Crippen molar-refractivity contribution < 1.29 is 19.1 Å². The van der Waals surface area contributed by atoms with Gasteiger partial charge in [0.25, 0.3) is 0 Å². The van der Waals surface area contributed by atoms with E-state index in [2.05, 4.69) is 12.2 Å². The van der Waals surface area contributed by atoms with Gasteiger partial charge in [0.15, 0.2) is 11.5 Å². The zero-order valence-electron chi connectivity index (χ0n) is 17.7. The minimum absolute atomic E-state index is 0.151. The number of benzene rings is 1. The number of methoxy groups -OCH3 is 2. The summed E-state index contributed by atoms with van der Waals surface area (Å²) in [4.78, 5) is 27.6. The maximum atomic E-state index is 13.4. The molecule has 0 aliphatic heterocycles. The molecule has 1 aliphatic carbocycles. The van der Waals surface area contributed by atoms with Crippen LogP contribution in [0.15, 0.2) is 18.2 Å². The topological polar surface area (TPSA) is 67.9 Å². The highest BCUT2D eigenvalue weighted by molar-refractivity contribution is 6.27. The first-order chi connectivity index (χ1) is 14.0. The average Bonchev–Trinajstić information content (AvgIpc) is 2.76. The summed E-state index contributed by atoms with van der Waals surface area (Å²) in [5.41, 5.74) is 0.686. The number of nitrogens with one attached hydrogen (secondary N) is 1. The van der Waals surface area contributed by atoms with Gasteiger partial charge in [-0.1, -0.05) is 38.7 Å². The van der Waals surface area contributed by atoms with Crippen molar-refractivity contribution in [2.75, 3.05) is 26.6 Å². The second kappa shape index (κ2) is 11.9. The molecular formula is C22H33ClN2O4. The van der Waals surface area contributed by atoms with E-state index in [0.29, 0.717) is 23.6 Å². The van der Waals surface area contributed by atoms with Crippen molar-refractivity contribution in [2.45, 2.75) is 64.0 Å². The maximum absolute atomic E-state index is 13.4. The number of nitrogens with zero attached hydrogens (tertiary/aromatic N) is 1. The molecule has 1 atom stereocenters. The molecule has 1 N–H and O–H groups in total. The first-order valence-corrected chi connectivity index (χ1v) is 11.0. The van der Waals surface area contributed by atoms with Crippen molar-refractivity contribution in [1.82, 2.24) is 10.2 Å². The Hall–Kier alpha value is -1.95. The lowest BCUT2D eigenvalue weighted by molar-refractivity contribution is -0.139. The van der Waals surface area contributed by atoms with Crippen LogP contribution in [-0.4, -0.2) is 49.4 Å². The van der Waals surface area contributed by atoms with Crippen LogP contribution in [0.3, 0.4) is 0 Å². The average molecular weight is 425 g/mol. The van der Waals surface area contributed by atoms with E-state index in [1.165, 1.54) is 6.42 Å². The predicted octanol–water partition coefficient (Wildman–Crippen LogP) is 4.06. The summed E-state index contributed by atoms with van der Waals surface area (Å²) in [7, 11) is 3.12. The van der Waals surface area contributed by atoms with Gasteiger partial charge in [-0.25, -0.2) is 0 Å². The van der Waals surface area contributed by atoms with Gasteiger partial charge < -0.3 is 19.7 Å². The number of hydrogen-bond donors (Lipinski definition) is 1. The highest BCUT2D eigenvalue weighted by Crippen LogP contribution is 2.33. The molecule has 0 spiro atoms. The lowest BCUT2D eigenvalue weighted by atomic mass is 9.94. The van der Waals surface area contributed by atoms with Gasteiger partial charge in [-0.3, -0.25) is 9.59 Å². The van der Waals surface area contributed by atoms with Gasteiger partial charge in [-0.15, -0.1) is 11.6 Å². The molecule has 1 aromatic carbocycles. The van der Waals surface area contributed by atoms with Crippen molar-refractivity contribution in [2.24, 2.45) is 0 Å². The largest absolute Gasteiger partial charge is 0.493 e. The van der Waals surface area contributed by atoms with E-state index in [0.717, 1.165) is 38.5 Å². The molecule has 0 radical (unpaired) electrons. The molecule has 0 aromatic heterocycles. The SMILES string of the molecule is CCCCN(C(=O)CCl)[C@@H](C(=O)NC1CCCCC1)c1ccc(OC)c(OC)c1. The van der Waals surface area contributed by atoms with E-state index in [9.17, 15) is 9.59 Å². The molecule has 162 valence electrons. The zero-order chi connectivity index (χ0) is 21.2. The second-order valence-corrected chi connectivity index (χ2v) is 7.70. The molecule has 1 saturated carbocycles. The molecule has 7 heteroatoms. The number of ether oxygens (including phenoxy) is 2. The van der Waals surface area contributed by atoms with Crippen molar-refractivity contribution in [3.05, 3.63) is 23.8 Å². The Labute approximate surface area is 178 Å². The van der Waals surface area contributed by atoms with Crippen LogP contribution in [0.4, 0.5) is 0 Å². The van der Waals surface area contributed by atoms with Crippen molar-refractivity contribution in [3.8, 4) is 11.5 Å². The summed E-state index contributed by atoms with van der Waals surface area (Å²) < 4.78 is 10.7. The summed E-state index contributed by atoms with van der Waals surface area (Å²) >= 11 is 5.89. The zero-order valence-corrected chi connectivity index (χ0v) is 18.5. The van der Waals surface area contributed by atoms with Gasteiger partial charge in [-0.05, 0) is 37.0 Å². The Balaban J connectivity index is 2.39. The standard InChI is InChI=1S/C22H33ClN2O4/c1-4-5-13-25(20(26)15-23)21(22(27)24-17-9-7-6-8-10-17)16-11-12-18(28-2)19(14-16)29-3/h11-12,14,17,21H,4-10,13,15H2,1-3H3,(H,24,27)/t21-/m1/s1. The number of carbonyl (C=O) groups is 2. The smallest absolute Gasteiger partial charge is 0.247 e. The second-order valence-electron chi connectivity index (χ2n) is 7.43. The maximum Gasteiger partial charge on any atom is 0.247 e. The van der Waals surface area contributed by atoms with Gasteiger partial charge in [0.1, 0.15) is 11.9 Å². The molecule has 0 unspecified atom stereocenters. The summed E-state index contributed by atoms with van der Waals surface area (Å²) in [6.45, 7) is 2.52. The number of halogens is 1. The fourth-order valence-electron chi connectivity index (χ4n) is 3.83. The van der Waals surface area contributed by atoms with Crippen LogP contribution in [0.25, 0.3) is 0 Å². The van der Waals surface area contributed by atoms with Crippen LogP contribution in [-0.2, 0) is 9.59 Å². The van der Waals surface area contributed by atoms with Crippen LogP contribution in [0.1, 0.15) is 63.5 Å². The summed E-state index contributed by atoms with van der Waals surface area (Å²) in [6, 6.07) is 4.74. The molecule has 0 bridgehead atoms. The number of carbonyl (C=O) groups excluding carboxylic acids is 2. The van der Waals surface area contributed by atoms with Crippen LogP contribution in [0.2, 0.25) is 0 Å². The highest BCUT2D eigenvalue weighted by atomic mass is 35.5. The Bertz CT molecular complexity index is 677. The number of hydrogen-bond acceptors (Lipinski definition) is 4. The lowest BCUT2D eigenvalue weighted by Crippen LogP contribution is -2.47. The van der Waals surface area contributed by atoms with Crippen molar-refractivity contribution in [3.63, 3.8) is 0 Å². The van der Waals surface area contributed by atoms with E-state index in [-0.39, 0.29) is 23.7 Å². The highest BCUT2D eigenvalue weighted by Gasteiger charge is 2.32. The monoisotopic (exact) mass is 424 g/mol. The van der Waals surface area contributed by atoms with Crippen LogP contribution >= 0.6 is 11.6 Å². The third-order valence-corrected chi connectivity index (χ3v) is 5.65. The van der Waals surface area contributed by atoms with Crippen LogP contribution < -0.4 is 14.8 Å². The normalized spacial score (nSPS) is 15.4. The van der Waals surface area contributed by atoms with Crippen LogP contribution in [0.5, 0.6) is 11.5 Å². The van der Waals surface area contributed by atoms with E-state index in [1.807, 2.05) is 6.07 Å². The van der Waals surface area contributed by atoms with Crippen LogP contribution in [0, 0.1) is 0 Å². The molecule has 29 heavy (non-hydrogen) atoms. The third-order valence-electron chi connectivity index (χ3n) is 5.42. The number of rotatable bonds is 10. The van der Waals surface area contributed by atoms with Gasteiger partial charge in [-0.2, -0.15) is 0 Å². The molecule has 1 aliphatic rings. The fourth-order valence-corrected chi connectivity index (χ4v) is 3.98. The van der Waals surface area contributed by atoms with E-state index in [1.54, 1.807) is 31.3 Å². The molecular weight excluding hydrogens is 392 g/mol. The molecule has 1 fully saturated rings. The summed E-state index contributed by atoms with van der Waals surface area (Å²) in [6.07, 6.45) is 7.10. The molecule has 0 saturated heterocycles. The molecule has 2 amide bonds. The molecule has 1 aromatic rings. The first-order valence-electron chi connectivity index (χ1n) is 10.4. The lowest BCUT2D eigenvalue weighted by Gasteiger charge is -2.33. The summed E-state index contributed by atoms with van der Waals surface area (Å²) in [5, 5.41) is 3.17. The predicted molar refractivity (Wildman–Crippen MR) is 115 cm³/mol. The van der Waals surface area contributed by atoms with Gasteiger partial charge in [0.2, 0.25) is 11.8 Å². The quantitative estimate of drug-likeness (QED) is 0.575. The third kappa shape index (κ3) is 6.26. The van der Waals surface area contributed by atoms with E-state index in [4.69, 9.17) is 21.1 Å². The van der Waals surface area contributed by atoms with Crippen molar-refractivity contribution >= 4 is 23.4 Å². The number of amides is 2. The van der Waals surface area contributed by atoms with Gasteiger partial charge in [0, 0.05) is 12.6 Å². The molecule has 6 nitrogen and oxygen atoms in total. The van der Waals surface area contributed by atoms with Gasteiger partial charge >= 0.3 is 0 Å².